The molecule has 1 fully saturated rings. The summed E-state index contributed by atoms with van der Waals surface area (Å²) in [5, 5.41) is 5.99. The van der Waals surface area contributed by atoms with Gasteiger partial charge in [0.1, 0.15) is 5.82 Å². The number of hydrogen-bond acceptors (Lipinski definition) is 6. The average molecular weight is 442 g/mol. The largest absolute Gasteiger partial charge is 0.340 e. The minimum atomic E-state index is 0.801. The number of piperazine rings is 1. The van der Waals surface area contributed by atoms with Crippen LogP contribution in [-0.2, 0) is 0 Å². The smallest absolute Gasteiger partial charge is 0.227 e. The molecular formula is C26H27N5S. The Morgan fingerprint density at radius 1 is 0.781 bits per heavy atom. The number of nitrogens with zero attached hydrogens (tertiary/aromatic N) is 4. The standard InChI is InChI=1S/C26H27N5S/c1-19-7-10-23(11-8-19)28-25-17-20(2)27-26(29-25)30-13-15-31(16-14-30)32-24-12-9-21-5-3-4-6-22(21)18-24/h3-12,17-18H,13-16H2,1-2H3,(H,27,28,29). The number of nitrogens with one attached hydrogen (secondary N) is 1. The Morgan fingerprint density at radius 3 is 2.31 bits per heavy atom. The lowest BCUT2D eigenvalue weighted by Crippen LogP contribution is -2.44. The molecule has 5 rings (SSSR count). The molecule has 162 valence electrons. The third kappa shape index (κ3) is 4.87. The van der Waals surface area contributed by atoms with Crippen LogP contribution in [0.25, 0.3) is 10.8 Å². The summed E-state index contributed by atoms with van der Waals surface area (Å²) in [6, 6.07) is 25.6. The zero-order valence-electron chi connectivity index (χ0n) is 18.5. The first kappa shape index (κ1) is 20.8. The monoisotopic (exact) mass is 441 g/mol. The topological polar surface area (TPSA) is 44.3 Å². The quantitative estimate of drug-likeness (QED) is 0.394. The van der Waals surface area contributed by atoms with Crippen molar-refractivity contribution in [2.24, 2.45) is 0 Å². The fraction of sp³-hybridized carbons (Fsp3) is 0.231. The van der Waals surface area contributed by atoms with E-state index in [9.17, 15) is 0 Å². The molecular weight excluding hydrogens is 414 g/mol. The molecule has 0 spiro atoms. The van der Waals surface area contributed by atoms with Gasteiger partial charge in [-0.25, -0.2) is 9.29 Å². The Hall–Kier alpha value is -3.09. The van der Waals surface area contributed by atoms with Gasteiger partial charge >= 0.3 is 0 Å². The van der Waals surface area contributed by atoms with Crippen molar-refractivity contribution in [3.63, 3.8) is 0 Å². The number of rotatable bonds is 5. The molecule has 0 saturated carbocycles. The van der Waals surface area contributed by atoms with E-state index in [1.54, 1.807) is 0 Å². The van der Waals surface area contributed by atoms with Gasteiger partial charge in [-0.3, -0.25) is 0 Å². The molecule has 0 bridgehead atoms. The molecule has 0 radical (unpaired) electrons. The van der Waals surface area contributed by atoms with Gasteiger partial charge < -0.3 is 10.2 Å². The fourth-order valence-electron chi connectivity index (χ4n) is 3.90. The number of benzene rings is 3. The van der Waals surface area contributed by atoms with Crippen molar-refractivity contribution in [1.82, 2.24) is 14.3 Å². The lowest BCUT2D eigenvalue weighted by atomic mass is 10.1. The number of aromatic nitrogens is 2. The van der Waals surface area contributed by atoms with E-state index in [2.05, 4.69) is 88.2 Å². The van der Waals surface area contributed by atoms with Crippen LogP contribution in [0, 0.1) is 13.8 Å². The van der Waals surface area contributed by atoms with E-state index >= 15 is 0 Å². The zero-order chi connectivity index (χ0) is 21.9. The van der Waals surface area contributed by atoms with Gasteiger partial charge in [-0.2, -0.15) is 4.98 Å². The van der Waals surface area contributed by atoms with Crippen molar-refractivity contribution in [2.75, 3.05) is 36.4 Å². The maximum Gasteiger partial charge on any atom is 0.227 e. The lowest BCUT2D eigenvalue weighted by molar-refractivity contribution is 0.426. The number of hydrogen-bond donors (Lipinski definition) is 1. The molecule has 3 aromatic carbocycles. The highest BCUT2D eigenvalue weighted by molar-refractivity contribution is 7.97. The van der Waals surface area contributed by atoms with E-state index in [1.807, 2.05) is 24.9 Å². The Kier molecular flexibility index (Phi) is 5.97. The van der Waals surface area contributed by atoms with Crippen molar-refractivity contribution in [1.29, 1.82) is 0 Å². The van der Waals surface area contributed by atoms with E-state index in [0.29, 0.717) is 0 Å². The Balaban J connectivity index is 1.23. The Labute approximate surface area is 193 Å². The molecule has 1 saturated heterocycles. The maximum atomic E-state index is 4.80. The lowest BCUT2D eigenvalue weighted by Gasteiger charge is -2.34. The van der Waals surface area contributed by atoms with Crippen molar-refractivity contribution in [3.05, 3.63) is 84.1 Å². The molecule has 4 aromatic rings. The summed E-state index contributed by atoms with van der Waals surface area (Å²) < 4.78 is 2.43. The van der Waals surface area contributed by atoms with Crippen LogP contribution in [0.3, 0.4) is 0 Å². The molecule has 0 atom stereocenters. The van der Waals surface area contributed by atoms with Gasteiger partial charge in [0.25, 0.3) is 0 Å². The predicted octanol–water partition coefficient (Wildman–Crippen LogP) is 5.82. The highest BCUT2D eigenvalue weighted by Crippen LogP contribution is 2.28. The summed E-state index contributed by atoms with van der Waals surface area (Å²) >= 11 is 1.84. The van der Waals surface area contributed by atoms with Crippen LogP contribution < -0.4 is 10.2 Å². The van der Waals surface area contributed by atoms with Crippen molar-refractivity contribution in [2.45, 2.75) is 18.7 Å². The van der Waals surface area contributed by atoms with Gasteiger partial charge in [0.2, 0.25) is 5.95 Å². The summed E-state index contributed by atoms with van der Waals surface area (Å²) in [6.45, 7) is 7.87. The molecule has 5 nitrogen and oxygen atoms in total. The van der Waals surface area contributed by atoms with Gasteiger partial charge in [-0.15, -0.1) is 0 Å². The van der Waals surface area contributed by atoms with Crippen LogP contribution in [0.15, 0.2) is 77.7 Å². The van der Waals surface area contributed by atoms with E-state index < -0.39 is 0 Å². The minimum Gasteiger partial charge on any atom is -0.340 e. The summed E-state index contributed by atoms with van der Waals surface area (Å²) in [7, 11) is 0. The van der Waals surface area contributed by atoms with Crippen LogP contribution >= 0.6 is 11.9 Å². The van der Waals surface area contributed by atoms with Crippen LogP contribution in [0.2, 0.25) is 0 Å². The van der Waals surface area contributed by atoms with E-state index in [1.165, 1.54) is 21.2 Å². The van der Waals surface area contributed by atoms with E-state index in [4.69, 9.17) is 9.97 Å². The van der Waals surface area contributed by atoms with Gasteiger partial charge in [0.15, 0.2) is 0 Å². The normalized spacial score (nSPS) is 14.6. The van der Waals surface area contributed by atoms with Gasteiger partial charge in [0.05, 0.1) is 0 Å². The molecule has 2 heterocycles. The molecule has 1 aliphatic rings. The highest BCUT2D eigenvalue weighted by atomic mass is 32.2. The van der Waals surface area contributed by atoms with Crippen LogP contribution in [-0.4, -0.2) is 40.5 Å². The molecule has 1 N–H and O–H groups in total. The molecule has 6 heteroatoms. The second kappa shape index (κ2) is 9.18. The van der Waals surface area contributed by atoms with Crippen LogP contribution in [0.5, 0.6) is 0 Å². The van der Waals surface area contributed by atoms with Gasteiger partial charge in [-0.05, 0) is 60.8 Å². The van der Waals surface area contributed by atoms with E-state index in [-0.39, 0.29) is 0 Å². The van der Waals surface area contributed by atoms with Crippen molar-refractivity contribution in [3.8, 4) is 0 Å². The molecule has 1 aromatic heterocycles. The van der Waals surface area contributed by atoms with Gasteiger partial charge in [0, 0.05) is 48.5 Å². The molecule has 0 aliphatic carbocycles. The van der Waals surface area contributed by atoms with E-state index in [0.717, 1.165) is 49.3 Å². The number of fused-ring (bicyclic) bond motifs is 1. The van der Waals surface area contributed by atoms with Gasteiger partial charge in [-0.1, -0.05) is 48.0 Å². The third-order valence-corrected chi connectivity index (χ3v) is 6.73. The number of anilines is 3. The van der Waals surface area contributed by atoms with Crippen molar-refractivity contribution >= 4 is 40.2 Å². The predicted molar refractivity (Wildman–Crippen MR) is 135 cm³/mol. The second-order valence-corrected chi connectivity index (χ2v) is 9.37. The first-order chi connectivity index (χ1) is 15.6. The first-order valence-electron chi connectivity index (χ1n) is 11.0. The second-order valence-electron chi connectivity index (χ2n) is 8.20. The maximum absolute atomic E-state index is 4.80. The molecule has 1 aliphatic heterocycles. The minimum absolute atomic E-state index is 0.801. The first-order valence-corrected chi connectivity index (χ1v) is 11.8. The summed E-state index contributed by atoms with van der Waals surface area (Å²) in [5.74, 6) is 1.64. The van der Waals surface area contributed by atoms with Crippen molar-refractivity contribution < 1.29 is 0 Å². The fourth-order valence-corrected chi connectivity index (χ4v) is 4.85. The summed E-state index contributed by atoms with van der Waals surface area (Å²) in [5.41, 5.74) is 3.25. The Bertz CT molecular complexity index is 1220. The highest BCUT2D eigenvalue weighted by Gasteiger charge is 2.20. The summed E-state index contributed by atoms with van der Waals surface area (Å²) in [4.78, 5) is 13.1. The summed E-state index contributed by atoms with van der Waals surface area (Å²) in [6.07, 6.45) is 0. The molecule has 32 heavy (non-hydrogen) atoms. The third-order valence-electron chi connectivity index (χ3n) is 5.64. The molecule has 0 amide bonds. The zero-order valence-corrected chi connectivity index (χ0v) is 19.3. The Morgan fingerprint density at radius 2 is 1.53 bits per heavy atom. The number of aryl methyl sites for hydroxylation is 2. The SMILES string of the molecule is Cc1ccc(Nc2cc(C)nc(N3CCN(Sc4ccc5ccccc5c4)CC3)n2)cc1. The van der Waals surface area contributed by atoms with Crippen LogP contribution in [0.4, 0.5) is 17.5 Å². The van der Waals surface area contributed by atoms with Crippen LogP contribution in [0.1, 0.15) is 11.3 Å². The molecule has 0 unspecified atom stereocenters. The average Bonchev–Trinajstić information content (AvgIpc) is 2.81.